The van der Waals surface area contributed by atoms with E-state index in [9.17, 15) is 14.4 Å². The van der Waals surface area contributed by atoms with Gasteiger partial charge in [-0.3, -0.25) is 14.4 Å². The van der Waals surface area contributed by atoms with Crippen molar-refractivity contribution in [3.8, 4) is 0 Å². The Labute approximate surface area is 148 Å². The molecule has 2 aliphatic rings. The van der Waals surface area contributed by atoms with Crippen molar-refractivity contribution in [2.24, 2.45) is 5.92 Å². The lowest BCUT2D eigenvalue weighted by Gasteiger charge is -2.35. The van der Waals surface area contributed by atoms with Crippen LogP contribution in [0.4, 0.5) is 5.69 Å². The number of carbonyl (C=O) groups is 3. The highest BCUT2D eigenvalue weighted by atomic mass is 16.2. The lowest BCUT2D eigenvalue weighted by atomic mass is 10.1. The molecule has 3 amide bonds. The van der Waals surface area contributed by atoms with Crippen molar-refractivity contribution in [1.29, 1.82) is 0 Å². The van der Waals surface area contributed by atoms with Gasteiger partial charge in [-0.1, -0.05) is 13.8 Å². The first kappa shape index (κ1) is 17.5. The Kier molecular flexibility index (Phi) is 5.06. The van der Waals surface area contributed by atoms with Crippen molar-refractivity contribution in [3.05, 3.63) is 29.8 Å². The van der Waals surface area contributed by atoms with Crippen LogP contribution in [0, 0.1) is 5.92 Å². The lowest BCUT2D eigenvalue weighted by Crippen LogP contribution is -2.51. The van der Waals surface area contributed by atoms with Crippen LogP contribution < -0.4 is 4.90 Å². The van der Waals surface area contributed by atoms with Gasteiger partial charge in [0.2, 0.25) is 11.8 Å². The van der Waals surface area contributed by atoms with Crippen molar-refractivity contribution in [3.63, 3.8) is 0 Å². The van der Waals surface area contributed by atoms with E-state index in [-0.39, 0.29) is 23.6 Å². The highest BCUT2D eigenvalue weighted by Gasteiger charge is 2.26. The van der Waals surface area contributed by atoms with Crippen LogP contribution in [0.5, 0.6) is 0 Å². The number of hydrogen-bond donors (Lipinski definition) is 0. The maximum atomic E-state index is 12.6. The number of amides is 3. The summed E-state index contributed by atoms with van der Waals surface area (Å²) in [6.07, 6.45) is 1.49. The van der Waals surface area contributed by atoms with Crippen LogP contribution in [0.2, 0.25) is 0 Å². The fraction of sp³-hybridized carbons (Fsp3) is 0.526. The molecule has 2 fully saturated rings. The van der Waals surface area contributed by atoms with E-state index < -0.39 is 0 Å². The number of nitrogens with zero attached hydrogens (tertiary/aromatic N) is 3. The van der Waals surface area contributed by atoms with Gasteiger partial charge in [-0.05, 0) is 30.7 Å². The van der Waals surface area contributed by atoms with Gasteiger partial charge in [0.1, 0.15) is 0 Å². The molecule has 6 nitrogen and oxygen atoms in total. The average molecular weight is 343 g/mol. The number of rotatable bonds is 3. The van der Waals surface area contributed by atoms with Crippen molar-refractivity contribution < 1.29 is 14.4 Å². The van der Waals surface area contributed by atoms with Gasteiger partial charge in [-0.25, -0.2) is 0 Å². The third-order valence-corrected chi connectivity index (χ3v) is 4.87. The van der Waals surface area contributed by atoms with Crippen LogP contribution in [-0.4, -0.2) is 60.2 Å². The van der Waals surface area contributed by atoms with E-state index in [2.05, 4.69) is 0 Å². The summed E-state index contributed by atoms with van der Waals surface area (Å²) in [5, 5.41) is 0. The molecule has 0 saturated carbocycles. The molecule has 25 heavy (non-hydrogen) atoms. The van der Waals surface area contributed by atoms with Gasteiger partial charge in [0.15, 0.2) is 0 Å². The minimum Gasteiger partial charge on any atom is -0.339 e. The van der Waals surface area contributed by atoms with E-state index in [1.165, 1.54) is 0 Å². The Balaban J connectivity index is 1.60. The van der Waals surface area contributed by atoms with E-state index in [1.54, 1.807) is 21.9 Å². The zero-order valence-corrected chi connectivity index (χ0v) is 14.9. The highest BCUT2D eigenvalue weighted by molar-refractivity contribution is 5.97. The van der Waals surface area contributed by atoms with E-state index in [1.807, 2.05) is 30.9 Å². The summed E-state index contributed by atoms with van der Waals surface area (Å²) in [5.74, 6) is 0.260. The van der Waals surface area contributed by atoms with Crippen molar-refractivity contribution in [2.75, 3.05) is 37.6 Å². The van der Waals surface area contributed by atoms with E-state index >= 15 is 0 Å². The molecule has 0 bridgehead atoms. The topological polar surface area (TPSA) is 60.9 Å². The molecule has 0 aromatic heterocycles. The average Bonchev–Trinajstić information content (AvgIpc) is 3.06. The molecule has 1 aromatic carbocycles. The third-order valence-electron chi connectivity index (χ3n) is 4.87. The molecular weight excluding hydrogens is 318 g/mol. The Morgan fingerprint density at radius 2 is 1.52 bits per heavy atom. The highest BCUT2D eigenvalue weighted by Crippen LogP contribution is 2.22. The minimum atomic E-state index is -0.0176. The number of carbonyl (C=O) groups excluding carboxylic acids is 3. The molecule has 0 aliphatic carbocycles. The summed E-state index contributed by atoms with van der Waals surface area (Å²) < 4.78 is 0. The Hall–Kier alpha value is -2.37. The quantitative estimate of drug-likeness (QED) is 0.840. The smallest absolute Gasteiger partial charge is 0.253 e. The molecule has 134 valence electrons. The largest absolute Gasteiger partial charge is 0.339 e. The monoisotopic (exact) mass is 343 g/mol. The standard InChI is InChI=1S/C19H25N3O3/c1-14(2)18(24)20-10-12-21(13-11-20)19(25)15-5-7-16(8-6-15)22-9-3-4-17(22)23/h5-8,14H,3-4,9-13H2,1-2H3. The van der Waals surface area contributed by atoms with Gasteiger partial charge >= 0.3 is 0 Å². The summed E-state index contributed by atoms with van der Waals surface area (Å²) in [4.78, 5) is 41.9. The first-order valence-electron chi connectivity index (χ1n) is 8.96. The predicted octanol–water partition coefficient (Wildman–Crippen LogP) is 1.75. The molecule has 0 spiro atoms. The molecule has 2 saturated heterocycles. The number of hydrogen-bond acceptors (Lipinski definition) is 3. The van der Waals surface area contributed by atoms with Crippen LogP contribution in [-0.2, 0) is 9.59 Å². The van der Waals surface area contributed by atoms with E-state index in [0.29, 0.717) is 38.2 Å². The van der Waals surface area contributed by atoms with E-state index in [4.69, 9.17) is 0 Å². The molecular formula is C19H25N3O3. The van der Waals surface area contributed by atoms with Crippen LogP contribution in [0.25, 0.3) is 0 Å². The molecule has 3 rings (SSSR count). The van der Waals surface area contributed by atoms with Crippen LogP contribution in [0.1, 0.15) is 37.0 Å². The summed E-state index contributed by atoms with van der Waals surface area (Å²) in [6, 6.07) is 7.26. The fourth-order valence-electron chi connectivity index (χ4n) is 3.38. The molecule has 0 atom stereocenters. The molecule has 0 unspecified atom stereocenters. The van der Waals surface area contributed by atoms with Crippen molar-refractivity contribution >= 4 is 23.4 Å². The molecule has 0 radical (unpaired) electrons. The zero-order valence-electron chi connectivity index (χ0n) is 14.9. The lowest BCUT2D eigenvalue weighted by molar-refractivity contribution is -0.135. The van der Waals surface area contributed by atoms with Gasteiger partial charge in [-0.15, -0.1) is 0 Å². The Morgan fingerprint density at radius 3 is 2.04 bits per heavy atom. The molecule has 0 N–H and O–H groups in total. The van der Waals surface area contributed by atoms with Crippen LogP contribution in [0.3, 0.4) is 0 Å². The van der Waals surface area contributed by atoms with Gasteiger partial charge in [0.25, 0.3) is 5.91 Å². The van der Waals surface area contributed by atoms with Crippen LogP contribution >= 0.6 is 0 Å². The third kappa shape index (κ3) is 3.67. The normalized spacial score (nSPS) is 18.2. The predicted molar refractivity (Wildman–Crippen MR) is 95.4 cm³/mol. The van der Waals surface area contributed by atoms with E-state index in [0.717, 1.165) is 18.7 Å². The van der Waals surface area contributed by atoms with Gasteiger partial charge < -0.3 is 14.7 Å². The second-order valence-corrected chi connectivity index (χ2v) is 6.97. The maximum absolute atomic E-state index is 12.6. The molecule has 6 heteroatoms. The fourth-order valence-corrected chi connectivity index (χ4v) is 3.38. The first-order valence-corrected chi connectivity index (χ1v) is 8.96. The summed E-state index contributed by atoms with van der Waals surface area (Å²) in [7, 11) is 0. The Morgan fingerprint density at radius 1 is 0.920 bits per heavy atom. The first-order chi connectivity index (χ1) is 12.0. The SMILES string of the molecule is CC(C)C(=O)N1CCN(C(=O)c2ccc(N3CCCC3=O)cc2)CC1. The second kappa shape index (κ2) is 7.25. The molecule has 2 aliphatic heterocycles. The maximum Gasteiger partial charge on any atom is 0.253 e. The minimum absolute atomic E-state index is 0.0110. The Bertz CT molecular complexity index is 661. The van der Waals surface area contributed by atoms with Gasteiger partial charge in [-0.2, -0.15) is 0 Å². The van der Waals surface area contributed by atoms with Gasteiger partial charge in [0.05, 0.1) is 0 Å². The van der Waals surface area contributed by atoms with Crippen molar-refractivity contribution in [1.82, 2.24) is 9.80 Å². The number of piperazine rings is 1. The zero-order chi connectivity index (χ0) is 18.0. The second-order valence-electron chi connectivity index (χ2n) is 6.97. The number of benzene rings is 1. The molecule has 1 aromatic rings. The summed E-state index contributed by atoms with van der Waals surface area (Å²) in [5.41, 5.74) is 1.48. The number of anilines is 1. The summed E-state index contributed by atoms with van der Waals surface area (Å²) >= 11 is 0. The summed E-state index contributed by atoms with van der Waals surface area (Å²) in [6.45, 7) is 6.83. The molecule has 2 heterocycles. The van der Waals surface area contributed by atoms with Crippen LogP contribution in [0.15, 0.2) is 24.3 Å². The van der Waals surface area contributed by atoms with Gasteiger partial charge in [0, 0.05) is 56.3 Å². The van der Waals surface area contributed by atoms with Crippen molar-refractivity contribution in [2.45, 2.75) is 26.7 Å².